The van der Waals surface area contributed by atoms with Gasteiger partial charge in [0, 0.05) is 41.9 Å². The molecule has 0 radical (unpaired) electrons. The summed E-state index contributed by atoms with van der Waals surface area (Å²) in [6.45, 7) is 0.535. The van der Waals surface area contributed by atoms with Crippen LogP contribution in [0.4, 0.5) is 22.0 Å². The van der Waals surface area contributed by atoms with E-state index in [0.29, 0.717) is 29.5 Å². The topological polar surface area (TPSA) is 102 Å². The Morgan fingerprint density at radius 1 is 0.892 bits per heavy atom. The molecule has 3 aromatic carbocycles. The van der Waals surface area contributed by atoms with Gasteiger partial charge in [0.1, 0.15) is 11.5 Å². The van der Waals surface area contributed by atoms with Gasteiger partial charge in [0.25, 0.3) is 0 Å². The largest absolute Gasteiger partial charge is 0.496 e. The number of imidazole rings is 1. The van der Waals surface area contributed by atoms with Crippen molar-refractivity contribution in [3.05, 3.63) is 97.0 Å². The summed E-state index contributed by atoms with van der Waals surface area (Å²) in [6, 6.07) is 22.2. The fourth-order valence-corrected chi connectivity index (χ4v) is 3.97. The zero-order chi connectivity index (χ0) is 25.6. The van der Waals surface area contributed by atoms with E-state index >= 15 is 0 Å². The predicted molar refractivity (Wildman–Crippen MR) is 144 cm³/mol. The molecule has 0 unspecified atom stereocenters. The minimum Gasteiger partial charge on any atom is -0.496 e. The number of benzene rings is 3. The summed E-state index contributed by atoms with van der Waals surface area (Å²) in [5.41, 5.74) is 4.64. The lowest BCUT2D eigenvalue weighted by Gasteiger charge is -2.13. The van der Waals surface area contributed by atoms with Crippen LogP contribution < -0.4 is 25.4 Å². The number of nitrogens with zero attached hydrogens (tertiary/aromatic N) is 3. The first-order valence-electron chi connectivity index (χ1n) is 11.7. The molecule has 0 spiro atoms. The molecular formula is C28H26N6O3. The monoisotopic (exact) mass is 494 g/mol. The molecule has 0 aliphatic carbocycles. The number of hydrogen-bond donors (Lipinski definition) is 3. The summed E-state index contributed by atoms with van der Waals surface area (Å²) in [5, 5.41) is 9.04. The minimum atomic E-state index is -0.363. The summed E-state index contributed by atoms with van der Waals surface area (Å²) in [4.78, 5) is 21.8. The van der Waals surface area contributed by atoms with Gasteiger partial charge in [-0.3, -0.25) is 0 Å². The van der Waals surface area contributed by atoms with Crippen LogP contribution in [0.2, 0.25) is 0 Å². The fraction of sp³-hybridized carbons (Fsp3) is 0.107. The number of carbonyl (C=O) groups is 1. The number of anilines is 3. The Bertz CT molecular complexity index is 1530. The molecule has 2 aromatic heterocycles. The third-order valence-electron chi connectivity index (χ3n) is 5.81. The highest BCUT2D eigenvalue weighted by Gasteiger charge is 2.12. The second-order valence-electron chi connectivity index (χ2n) is 8.16. The molecule has 0 atom stereocenters. The maximum Gasteiger partial charge on any atom is 0.323 e. The second-order valence-corrected chi connectivity index (χ2v) is 8.16. The lowest BCUT2D eigenvalue weighted by atomic mass is 10.1. The maximum atomic E-state index is 12.5. The van der Waals surface area contributed by atoms with Crippen molar-refractivity contribution >= 4 is 28.9 Å². The number of ether oxygens (including phenoxy) is 2. The van der Waals surface area contributed by atoms with Gasteiger partial charge in [0.2, 0.25) is 0 Å². The van der Waals surface area contributed by atoms with E-state index in [0.717, 1.165) is 28.2 Å². The third-order valence-corrected chi connectivity index (χ3v) is 5.81. The van der Waals surface area contributed by atoms with E-state index in [1.165, 1.54) is 0 Å². The van der Waals surface area contributed by atoms with Crippen LogP contribution in [-0.2, 0) is 6.54 Å². The number of aromatic nitrogens is 3. The zero-order valence-corrected chi connectivity index (χ0v) is 20.4. The predicted octanol–water partition coefficient (Wildman–Crippen LogP) is 5.67. The highest BCUT2D eigenvalue weighted by atomic mass is 16.5. The van der Waals surface area contributed by atoms with Crippen molar-refractivity contribution in [1.82, 2.24) is 14.4 Å². The Balaban J connectivity index is 1.32. The molecule has 37 heavy (non-hydrogen) atoms. The molecule has 9 nitrogen and oxygen atoms in total. The lowest BCUT2D eigenvalue weighted by molar-refractivity contribution is 0.262. The summed E-state index contributed by atoms with van der Waals surface area (Å²) >= 11 is 0. The maximum absolute atomic E-state index is 12.5. The van der Waals surface area contributed by atoms with Gasteiger partial charge in [-0.15, -0.1) is 0 Å². The number of para-hydroxylation sites is 3. The minimum absolute atomic E-state index is 0.363. The Kier molecular flexibility index (Phi) is 6.84. The molecule has 2 amide bonds. The molecule has 186 valence electrons. The van der Waals surface area contributed by atoms with Gasteiger partial charge in [-0.25, -0.2) is 14.8 Å². The molecule has 0 aliphatic heterocycles. The van der Waals surface area contributed by atoms with Crippen LogP contribution in [0.5, 0.6) is 11.5 Å². The number of fused-ring (bicyclic) bond motifs is 1. The van der Waals surface area contributed by atoms with Crippen molar-refractivity contribution in [3.8, 4) is 22.8 Å². The number of carbonyl (C=O) groups excluding carboxylic acids is 1. The van der Waals surface area contributed by atoms with E-state index in [9.17, 15) is 4.79 Å². The molecule has 0 aliphatic rings. The fourth-order valence-electron chi connectivity index (χ4n) is 3.97. The Labute approximate surface area is 214 Å². The van der Waals surface area contributed by atoms with Crippen molar-refractivity contribution in [2.24, 2.45) is 0 Å². The van der Waals surface area contributed by atoms with Crippen LogP contribution in [0.25, 0.3) is 16.9 Å². The van der Waals surface area contributed by atoms with Crippen molar-refractivity contribution < 1.29 is 14.3 Å². The highest BCUT2D eigenvalue weighted by molar-refractivity contribution is 6.00. The SMILES string of the molecule is COc1ccccc1CNc1nc(-c2ccc(NC(=O)Nc3ccccc3OC)cc2)cn2ccnc12. The van der Waals surface area contributed by atoms with E-state index in [-0.39, 0.29) is 6.03 Å². The number of hydrogen-bond acceptors (Lipinski definition) is 6. The average Bonchev–Trinajstić information content (AvgIpc) is 3.41. The molecule has 0 bridgehead atoms. The molecule has 3 N–H and O–H groups in total. The number of methoxy groups -OCH3 is 2. The number of nitrogens with one attached hydrogen (secondary N) is 3. The molecule has 9 heteroatoms. The van der Waals surface area contributed by atoms with Gasteiger partial charge in [0.15, 0.2) is 11.5 Å². The summed E-state index contributed by atoms with van der Waals surface area (Å²) in [6.07, 6.45) is 5.54. The number of rotatable bonds is 8. The van der Waals surface area contributed by atoms with Gasteiger partial charge >= 0.3 is 6.03 Å². The van der Waals surface area contributed by atoms with Crippen LogP contribution in [0.3, 0.4) is 0 Å². The van der Waals surface area contributed by atoms with Gasteiger partial charge < -0.3 is 29.8 Å². The molecule has 5 aromatic rings. The molecule has 2 heterocycles. The normalized spacial score (nSPS) is 10.6. The van der Waals surface area contributed by atoms with Crippen molar-refractivity contribution in [2.45, 2.75) is 6.54 Å². The molecule has 5 rings (SSSR count). The number of amides is 2. The molecule has 0 fully saturated rings. The molecule has 0 saturated heterocycles. The zero-order valence-electron chi connectivity index (χ0n) is 20.4. The van der Waals surface area contributed by atoms with Crippen LogP contribution in [0.15, 0.2) is 91.4 Å². The van der Waals surface area contributed by atoms with Gasteiger partial charge in [-0.1, -0.05) is 42.5 Å². The smallest absolute Gasteiger partial charge is 0.323 e. The summed E-state index contributed by atoms with van der Waals surface area (Å²) in [5.74, 6) is 2.05. The average molecular weight is 495 g/mol. The van der Waals surface area contributed by atoms with Crippen molar-refractivity contribution in [2.75, 3.05) is 30.2 Å². The standard InChI is InChI=1S/C28H26N6O3/c1-36-24-9-5-3-7-20(24)17-30-26-27-29-15-16-34(27)18-23(32-26)19-11-13-21(14-12-19)31-28(35)33-22-8-4-6-10-25(22)37-2/h3-16,18H,17H2,1-2H3,(H,30,32)(H2,31,33,35). The van der Waals surface area contributed by atoms with Crippen LogP contribution in [0, 0.1) is 0 Å². The third kappa shape index (κ3) is 5.30. The van der Waals surface area contributed by atoms with Crippen LogP contribution >= 0.6 is 0 Å². The van der Waals surface area contributed by atoms with Gasteiger partial charge in [0.05, 0.1) is 25.6 Å². The second kappa shape index (κ2) is 10.7. The lowest BCUT2D eigenvalue weighted by Crippen LogP contribution is -2.19. The van der Waals surface area contributed by atoms with Crippen LogP contribution in [-0.4, -0.2) is 34.6 Å². The van der Waals surface area contributed by atoms with Crippen LogP contribution in [0.1, 0.15) is 5.56 Å². The van der Waals surface area contributed by atoms with Gasteiger partial charge in [-0.2, -0.15) is 0 Å². The Morgan fingerprint density at radius 2 is 1.62 bits per heavy atom. The molecule has 0 saturated carbocycles. The van der Waals surface area contributed by atoms with E-state index in [4.69, 9.17) is 14.5 Å². The summed E-state index contributed by atoms with van der Waals surface area (Å²) in [7, 11) is 3.22. The first-order valence-corrected chi connectivity index (χ1v) is 11.7. The highest BCUT2D eigenvalue weighted by Crippen LogP contribution is 2.26. The Hall–Kier alpha value is -5.05. The quantitative estimate of drug-likeness (QED) is 0.257. The van der Waals surface area contributed by atoms with E-state index in [1.54, 1.807) is 32.5 Å². The van der Waals surface area contributed by atoms with Crippen molar-refractivity contribution in [1.29, 1.82) is 0 Å². The first kappa shape index (κ1) is 23.7. The Morgan fingerprint density at radius 3 is 2.41 bits per heavy atom. The first-order chi connectivity index (χ1) is 18.1. The van der Waals surface area contributed by atoms with E-state index in [2.05, 4.69) is 20.9 Å². The number of urea groups is 1. The summed E-state index contributed by atoms with van der Waals surface area (Å²) < 4.78 is 12.7. The molecular weight excluding hydrogens is 468 g/mol. The van der Waals surface area contributed by atoms with E-state index in [1.807, 2.05) is 77.5 Å². The van der Waals surface area contributed by atoms with Crippen molar-refractivity contribution in [3.63, 3.8) is 0 Å². The van der Waals surface area contributed by atoms with E-state index < -0.39 is 0 Å². The van der Waals surface area contributed by atoms with Gasteiger partial charge in [-0.05, 0) is 30.3 Å².